The molecule has 3 aromatic carbocycles. The molecular weight excluding hydrogens is 1090 g/mol. The minimum absolute atomic E-state index is 0.153. The molecule has 0 N–H and O–H groups in total. The van der Waals surface area contributed by atoms with Gasteiger partial charge in [-0.15, -0.1) is 22.7 Å². The summed E-state index contributed by atoms with van der Waals surface area (Å²) >= 11 is 29.4. The number of carbonyl (C=O) groups excluding carboxylic acids is 2. The predicted molar refractivity (Wildman–Crippen MR) is 323 cm³/mol. The Labute approximate surface area is 488 Å². The van der Waals surface area contributed by atoms with E-state index in [0.717, 1.165) is 138 Å². The molecule has 0 radical (unpaired) electrons. The van der Waals surface area contributed by atoms with Gasteiger partial charge in [-0.05, 0) is 131 Å². The molecule has 4 aliphatic carbocycles. The number of hydrogen-bond acceptors (Lipinski definition) is 8. The molecule has 398 valence electrons. The molecule has 2 heterocycles. The second kappa shape index (κ2) is 24.5. The third kappa shape index (κ3) is 10.2. The maximum Gasteiger partial charge on any atom is 0.194 e. The fraction of sp³-hybridized carbons (Fsp3) is 0.394. The summed E-state index contributed by atoms with van der Waals surface area (Å²) in [6, 6.07) is 24.2. The summed E-state index contributed by atoms with van der Waals surface area (Å²) in [5.41, 5.74) is 9.46. The third-order valence-corrected chi connectivity index (χ3v) is 20.4. The van der Waals surface area contributed by atoms with Crippen LogP contribution in [0.5, 0.6) is 0 Å². The molecule has 0 spiro atoms. The fourth-order valence-corrected chi connectivity index (χ4v) is 16.1. The van der Waals surface area contributed by atoms with Crippen LogP contribution in [0.25, 0.3) is 44.2 Å². The Morgan fingerprint density at radius 1 is 0.423 bits per heavy atom. The second-order valence-corrected chi connectivity index (χ2v) is 25.3. The number of thiophene rings is 2. The Morgan fingerprint density at radius 3 is 1.03 bits per heavy atom. The molecule has 0 aliphatic heterocycles. The molecule has 0 amide bonds. The highest BCUT2D eigenvalue weighted by molar-refractivity contribution is 7.17. The molecule has 5 aromatic rings. The van der Waals surface area contributed by atoms with Gasteiger partial charge in [0.25, 0.3) is 0 Å². The number of fused-ring (bicyclic) bond motifs is 8. The Morgan fingerprint density at radius 2 is 0.731 bits per heavy atom. The number of allylic oxidation sites excluding steroid dienone is 6. The second-order valence-electron chi connectivity index (χ2n) is 21.5. The van der Waals surface area contributed by atoms with Gasteiger partial charge in [-0.3, -0.25) is 9.59 Å². The van der Waals surface area contributed by atoms with E-state index < -0.39 is 0 Å². The molecule has 0 saturated carbocycles. The fourth-order valence-electron chi connectivity index (χ4n) is 12.9. The number of hydrogen-bond donors (Lipinski definition) is 0. The highest BCUT2D eigenvalue weighted by atomic mass is 35.5. The number of carbonyl (C=O) groups is 2. The number of nitriles is 4. The molecule has 2 aromatic heterocycles. The summed E-state index contributed by atoms with van der Waals surface area (Å²) in [5.74, 6) is -0.594. The number of benzene rings is 3. The van der Waals surface area contributed by atoms with Crippen LogP contribution in [0.2, 0.25) is 20.1 Å². The molecule has 0 saturated heterocycles. The van der Waals surface area contributed by atoms with Gasteiger partial charge in [-0.25, -0.2) is 0 Å². The Bertz CT molecular complexity index is 3290. The lowest BCUT2D eigenvalue weighted by atomic mass is 9.68. The van der Waals surface area contributed by atoms with Crippen molar-refractivity contribution in [3.63, 3.8) is 0 Å². The first kappa shape index (κ1) is 57.2. The minimum atomic E-state index is -0.327. The highest BCUT2D eigenvalue weighted by Crippen LogP contribution is 2.64. The first-order chi connectivity index (χ1) is 37.8. The molecule has 0 unspecified atom stereocenters. The van der Waals surface area contributed by atoms with Crippen LogP contribution in [0.15, 0.2) is 70.8 Å². The SMILES string of the molecule is CCCCCCC1(CCCCCC)c2cc3c(cc2-c2sc(C=C4C(=O)c5cc(Cl)c(Cl)cc5C4=C(C#N)C#N)cc21)C(CCCCCC)(CCCCCC)c1cc(C=C2C(=O)c4cc(Cl)c(Cl)cc4C2=C(C#N)C#N)sc1-3. The van der Waals surface area contributed by atoms with Gasteiger partial charge in [0.2, 0.25) is 0 Å². The zero-order valence-electron chi connectivity index (χ0n) is 44.8. The number of Topliss-reactive ketones (excluding diaryl/α,β-unsaturated/α-hetero) is 2. The van der Waals surface area contributed by atoms with Crippen LogP contribution >= 0.6 is 69.1 Å². The first-order valence-corrected chi connectivity index (χ1v) is 31.0. The summed E-state index contributed by atoms with van der Waals surface area (Å²) in [4.78, 5) is 33.1. The van der Waals surface area contributed by atoms with Crippen molar-refractivity contribution in [2.45, 2.75) is 167 Å². The van der Waals surface area contributed by atoms with E-state index in [2.05, 4.69) is 76.2 Å². The number of ketones is 2. The molecule has 0 bridgehead atoms. The van der Waals surface area contributed by atoms with Crippen molar-refractivity contribution in [2.24, 2.45) is 0 Å². The van der Waals surface area contributed by atoms with E-state index in [1.54, 1.807) is 46.9 Å². The predicted octanol–water partition coefficient (Wildman–Crippen LogP) is 21.0. The molecule has 0 fully saturated rings. The van der Waals surface area contributed by atoms with E-state index >= 15 is 0 Å². The maximum absolute atomic E-state index is 14.5. The first-order valence-electron chi connectivity index (χ1n) is 27.9. The average Bonchev–Trinajstić information content (AvgIpc) is 4.46. The van der Waals surface area contributed by atoms with E-state index in [0.29, 0.717) is 22.3 Å². The maximum atomic E-state index is 14.5. The number of rotatable bonds is 22. The van der Waals surface area contributed by atoms with Gasteiger partial charge in [-0.2, -0.15) is 21.0 Å². The van der Waals surface area contributed by atoms with Crippen LogP contribution in [0, 0.1) is 45.3 Å². The van der Waals surface area contributed by atoms with Gasteiger partial charge in [0.1, 0.15) is 35.4 Å². The van der Waals surface area contributed by atoms with Gasteiger partial charge in [0, 0.05) is 63.8 Å². The molecule has 4 aliphatic rings. The normalized spacial score (nSPS) is 15.9. The van der Waals surface area contributed by atoms with Gasteiger partial charge in [0.15, 0.2) is 11.6 Å². The van der Waals surface area contributed by atoms with Crippen molar-refractivity contribution in [2.75, 3.05) is 0 Å². The molecule has 6 nitrogen and oxygen atoms in total. The smallest absolute Gasteiger partial charge is 0.194 e. The Kier molecular flexibility index (Phi) is 17.9. The highest BCUT2D eigenvalue weighted by Gasteiger charge is 2.50. The summed E-state index contributed by atoms with van der Waals surface area (Å²) in [7, 11) is 0. The number of nitrogens with zero attached hydrogens (tertiary/aromatic N) is 4. The molecule has 0 atom stereocenters. The van der Waals surface area contributed by atoms with E-state index in [-0.39, 0.29) is 75.9 Å². The molecular formula is C66H62Cl4N4O2S2. The molecule has 12 heteroatoms. The quantitative estimate of drug-likeness (QED) is 0.0385. The summed E-state index contributed by atoms with van der Waals surface area (Å²) in [5, 5.41) is 42.0. The van der Waals surface area contributed by atoms with E-state index in [1.807, 2.05) is 12.2 Å². The van der Waals surface area contributed by atoms with Crippen LogP contribution in [-0.4, -0.2) is 11.6 Å². The Hall–Kier alpha value is -5.52. The monoisotopic (exact) mass is 1150 g/mol. The number of unbranched alkanes of at least 4 members (excludes halogenated alkanes) is 12. The van der Waals surface area contributed by atoms with Crippen LogP contribution < -0.4 is 0 Å². The van der Waals surface area contributed by atoms with Crippen LogP contribution in [0.4, 0.5) is 0 Å². The lowest BCUT2D eigenvalue weighted by molar-refractivity contribution is 0.103. The lowest BCUT2D eigenvalue weighted by Gasteiger charge is -2.34. The van der Waals surface area contributed by atoms with Crippen molar-refractivity contribution in [1.29, 1.82) is 21.0 Å². The average molecular weight is 1150 g/mol. The number of halogens is 4. The minimum Gasteiger partial charge on any atom is -0.289 e. The van der Waals surface area contributed by atoms with E-state index in [1.165, 1.54) is 43.1 Å². The van der Waals surface area contributed by atoms with Gasteiger partial charge in [-0.1, -0.05) is 177 Å². The summed E-state index contributed by atoms with van der Waals surface area (Å²) < 4.78 is 0. The molecule has 78 heavy (non-hydrogen) atoms. The zero-order valence-corrected chi connectivity index (χ0v) is 49.5. The van der Waals surface area contributed by atoms with Gasteiger partial charge < -0.3 is 0 Å². The molecule has 9 rings (SSSR count). The van der Waals surface area contributed by atoms with Crippen molar-refractivity contribution in [1.82, 2.24) is 0 Å². The van der Waals surface area contributed by atoms with E-state index in [4.69, 9.17) is 46.4 Å². The van der Waals surface area contributed by atoms with Crippen molar-refractivity contribution in [3.8, 4) is 45.2 Å². The van der Waals surface area contributed by atoms with Crippen molar-refractivity contribution < 1.29 is 9.59 Å². The largest absolute Gasteiger partial charge is 0.289 e. The topological polar surface area (TPSA) is 129 Å². The Balaban J connectivity index is 1.28. The van der Waals surface area contributed by atoms with Crippen LogP contribution in [0.1, 0.15) is 220 Å². The summed E-state index contributed by atoms with van der Waals surface area (Å²) in [6.45, 7) is 8.99. The van der Waals surface area contributed by atoms with Crippen LogP contribution in [0.3, 0.4) is 0 Å². The zero-order chi connectivity index (χ0) is 55.5. The van der Waals surface area contributed by atoms with Crippen molar-refractivity contribution in [3.05, 3.63) is 145 Å². The van der Waals surface area contributed by atoms with Gasteiger partial charge >= 0.3 is 0 Å². The van der Waals surface area contributed by atoms with E-state index in [9.17, 15) is 30.6 Å². The lowest BCUT2D eigenvalue weighted by Crippen LogP contribution is -2.27. The summed E-state index contributed by atoms with van der Waals surface area (Å²) in [6.07, 6.45) is 25.3. The standard InChI is InChI=1S/C66H62Cl4N4O2S2/c1-5-9-13-17-21-65(22-18-14-10-6-2)51-29-48-52(30-47(51)63-53(65)27-41(77-63)25-49-59(39(35-71)36-72)43-31-55(67)57(69)33-45(43)61(49)75)66(23-19-15-11-7-3,24-20-16-12-8-4)54-28-42(78-64(48)54)26-50-60(40(37-73)38-74)44-32-56(68)58(70)34-46(44)62(50)76/h25-34H,5-24H2,1-4H3. The van der Waals surface area contributed by atoms with Gasteiger partial charge in [0.05, 0.1) is 20.1 Å². The van der Waals surface area contributed by atoms with Crippen LogP contribution in [-0.2, 0) is 10.8 Å². The third-order valence-electron chi connectivity index (χ3n) is 16.7. The van der Waals surface area contributed by atoms with Crippen molar-refractivity contribution >= 4 is 104 Å².